The van der Waals surface area contributed by atoms with Crippen LogP contribution in [-0.4, -0.2) is 11.5 Å². The number of aromatic nitrogens is 1. The van der Waals surface area contributed by atoms with Crippen LogP contribution in [0.25, 0.3) is 10.8 Å². The van der Waals surface area contributed by atoms with E-state index in [0.717, 1.165) is 36.6 Å². The first kappa shape index (κ1) is 12.6. The summed E-state index contributed by atoms with van der Waals surface area (Å²) >= 11 is 12.3. The van der Waals surface area contributed by atoms with E-state index in [-0.39, 0.29) is 0 Å². The molecule has 90 valence electrons. The van der Waals surface area contributed by atoms with Crippen molar-refractivity contribution in [3.05, 3.63) is 40.1 Å². The van der Waals surface area contributed by atoms with E-state index in [4.69, 9.17) is 28.9 Å². The molecule has 0 amide bonds. The monoisotopic (exact) mass is 268 g/mol. The first-order valence-electron chi connectivity index (χ1n) is 5.64. The molecular formula is C13H14Cl2N2. The Morgan fingerprint density at radius 2 is 2.00 bits per heavy atom. The van der Waals surface area contributed by atoms with Gasteiger partial charge in [0.1, 0.15) is 0 Å². The van der Waals surface area contributed by atoms with Crippen molar-refractivity contribution < 1.29 is 0 Å². The van der Waals surface area contributed by atoms with Gasteiger partial charge in [-0.15, -0.1) is 0 Å². The summed E-state index contributed by atoms with van der Waals surface area (Å²) in [6.45, 7) is 0.720. The number of fused-ring (bicyclic) bond motifs is 1. The molecule has 4 heteroatoms. The fourth-order valence-corrected chi connectivity index (χ4v) is 2.38. The Labute approximate surface area is 111 Å². The molecule has 0 atom stereocenters. The predicted octanol–water partition coefficient (Wildman–Crippen LogP) is 3.82. The molecule has 1 aromatic heterocycles. The van der Waals surface area contributed by atoms with Gasteiger partial charge in [-0.1, -0.05) is 23.2 Å². The molecule has 0 unspecified atom stereocenters. The molecule has 0 bridgehead atoms. The lowest BCUT2D eigenvalue weighted by Gasteiger charge is -2.09. The quantitative estimate of drug-likeness (QED) is 0.857. The van der Waals surface area contributed by atoms with Gasteiger partial charge in [0, 0.05) is 23.2 Å². The van der Waals surface area contributed by atoms with Crippen molar-refractivity contribution in [2.24, 2.45) is 5.73 Å². The van der Waals surface area contributed by atoms with Gasteiger partial charge < -0.3 is 5.73 Å². The van der Waals surface area contributed by atoms with E-state index in [1.54, 1.807) is 6.20 Å². The van der Waals surface area contributed by atoms with Gasteiger partial charge in [0.2, 0.25) is 0 Å². The van der Waals surface area contributed by atoms with Crippen LogP contribution in [-0.2, 0) is 6.42 Å². The Hall–Kier alpha value is -0.830. The van der Waals surface area contributed by atoms with Crippen LogP contribution in [0.3, 0.4) is 0 Å². The number of halogens is 2. The van der Waals surface area contributed by atoms with Crippen molar-refractivity contribution in [1.82, 2.24) is 4.98 Å². The van der Waals surface area contributed by atoms with E-state index in [0.29, 0.717) is 10.0 Å². The van der Waals surface area contributed by atoms with E-state index in [9.17, 15) is 0 Å². The van der Waals surface area contributed by atoms with Gasteiger partial charge in [0.05, 0.1) is 10.0 Å². The summed E-state index contributed by atoms with van der Waals surface area (Å²) in [7, 11) is 0. The molecule has 0 fully saturated rings. The Morgan fingerprint density at radius 3 is 2.76 bits per heavy atom. The normalized spacial score (nSPS) is 11.0. The van der Waals surface area contributed by atoms with E-state index < -0.39 is 0 Å². The first-order chi connectivity index (χ1) is 8.24. The number of hydrogen-bond acceptors (Lipinski definition) is 2. The zero-order valence-corrected chi connectivity index (χ0v) is 10.9. The van der Waals surface area contributed by atoms with Gasteiger partial charge in [0.15, 0.2) is 0 Å². The number of pyridine rings is 1. The summed E-state index contributed by atoms with van der Waals surface area (Å²) in [6, 6.07) is 3.83. The van der Waals surface area contributed by atoms with E-state index >= 15 is 0 Å². The minimum atomic E-state index is 0.603. The second kappa shape index (κ2) is 5.67. The number of aryl methyl sites for hydroxylation is 1. The highest BCUT2D eigenvalue weighted by atomic mass is 35.5. The van der Waals surface area contributed by atoms with Gasteiger partial charge in [-0.3, -0.25) is 4.98 Å². The van der Waals surface area contributed by atoms with Crippen LogP contribution in [0, 0.1) is 0 Å². The topological polar surface area (TPSA) is 38.9 Å². The molecule has 0 radical (unpaired) electrons. The van der Waals surface area contributed by atoms with Crippen LogP contribution in [0.5, 0.6) is 0 Å². The van der Waals surface area contributed by atoms with Crippen LogP contribution in [0.15, 0.2) is 24.5 Å². The smallest absolute Gasteiger partial charge is 0.0671 e. The largest absolute Gasteiger partial charge is 0.330 e. The highest BCUT2D eigenvalue weighted by molar-refractivity contribution is 6.45. The average Bonchev–Trinajstić information content (AvgIpc) is 2.36. The van der Waals surface area contributed by atoms with Crippen LogP contribution in [0.2, 0.25) is 10.0 Å². The van der Waals surface area contributed by atoms with Crippen molar-refractivity contribution in [2.45, 2.75) is 19.3 Å². The molecule has 1 aromatic carbocycles. The highest BCUT2D eigenvalue weighted by Gasteiger charge is 2.09. The molecule has 0 aliphatic heterocycles. The standard InChI is InChI=1S/C13H14Cl2N2/c14-12-7-9(3-1-2-5-16)11-8-17-6-4-10(11)13(12)15/h4,6-8H,1-3,5,16H2. The second-order valence-electron chi connectivity index (χ2n) is 4.00. The number of unbranched alkanes of at least 4 members (excludes halogenated alkanes) is 1. The second-order valence-corrected chi connectivity index (χ2v) is 4.78. The van der Waals surface area contributed by atoms with Crippen molar-refractivity contribution in [3.63, 3.8) is 0 Å². The molecule has 2 N–H and O–H groups in total. The first-order valence-corrected chi connectivity index (χ1v) is 6.40. The van der Waals surface area contributed by atoms with Gasteiger partial charge in [-0.2, -0.15) is 0 Å². The summed E-state index contributed by atoms with van der Waals surface area (Å²) in [5.41, 5.74) is 6.69. The lowest BCUT2D eigenvalue weighted by atomic mass is 10.0. The highest BCUT2D eigenvalue weighted by Crippen LogP contribution is 2.33. The average molecular weight is 269 g/mol. The number of rotatable bonds is 4. The third-order valence-electron chi connectivity index (χ3n) is 2.81. The maximum atomic E-state index is 6.18. The zero-order chi connectivity index (χ0) is 12.3. The van der Waals surface area contributed by atoms with Crippen molar-refractivity contribution in [3.8, 4) is 0 Å². The molecule has 0 aliphatic rings. The SMILES string of the molecule is NCCCCc1cc(Cl)c(Cl)c2ccncc12. The molecule has 0 spiro atoms. The fraction of sp³-hybridized carbons (Fsp3) is 0.308. The molecule has 2 nitrogen and oxygen atoms in total. The Balaban J connectivity index is 2.44. The maximum Gasteiger partial charge on any atom is 0.0671 e. The summed E-state index contributed by atoms with van der Waals surface area (Å²) in [6.07, 6.45) is 6.60. The van der Waals surface area contributed by atoms with Crippen molar-refractivity contribution in [2.75, 3.05) is 6.54 Å². The molecule has 2 aromatic rings. The van der Waals surface area contributed by atoms with Gasteiger partial charge in [-0.25, -0.2) is 0 Å². The van der Waals surface area contributed by atoms with E-state index in [2.05, 4.69) is 4.98 Å². The third-order valence-corrected chi connectivity index (χ3v) is 3.62. The Morgan fingerprint density at radius 1 is 1.18 bits per heavy atom. The van der Waals surface area contributed by atoms with Crippen LogP contribution < -0.4 is 5.73 Å². The number of nitrogens with two attached hydrogens (primary N) is 1. The van der Waals surface area contributed by atoms with Crippen LogP contribution in [0.4, 0.5) is 0 Å². The molecule has 0 saturated heterocycles. The summed E-state index contributed by atoms with van der Waals surface area (Å²) in [5, 5.41) is 3.26. The maximum absolute atomic E-state index is 6.18. The van der Waals surface area contributed by atoms with Crippen LogP contribution >= 0.6 is 23.2 Å². The molecule has 2 rings (SSSR count). The zero-order valence-electron chi connectivity index (χ0n) is 9.42. The number of nitrogens with zero attached hydrogens (tertiary/aromatic N) is 1. The summed E-state index contributed by atoms with van der Waals surface area (Å²) in [5.74, 6) is 0. The number of benzene rings is 1. The Bertz CT molecular complexity index is 526. The fourth-order valence-electron chi connectivity index (χ4n) is 1.93. The molecule has 0 saturated carbocycles. The van der Waals surface area contributed by atoms with Gasteiger partial charge >= 0.3 is 0 Å². The van der Waals surface area contributed by atoms with Crippen molar-refractivity contribution in [1.29, 1.82) is 0 Å². The lowest BCUT2D eigenvalue weighted by molar-refractivity contribution is 0.747. The molecule has 17 heavy (non-hydrogen) atoms. The van der Waals surface area contributed by atoms with Gasteiger partial charge in [0.25, 0.3) is 0 Å². The minimum absolute atomic E-state index is 0.603. The number of hydrogen-bond donors (Lipinski definition) is 1. The lowest BCUT2D eigenvalue weighted by Crippen LogP contribution is -1.99. The van der Waals surface area contributed by atoms with E-state index in [1.165, 1.54) is 5.56 Å². The van der Waals surface area contributed by atoms with Gasteiger partial charge in [-0.05, 0) is 43.5 Å². The summed E-state index contributed by atoms with van der Waals surface area (Å²) in [4.78, 5) is 4.15. The molecule has 1 heterocycles. The van der Waals surface area contributed by atoms with Crippen LogP contribution in [0.1, 0.15) is 18.4 Å². The third kappa shape index (κ3) is 2.71. The van der Waals surface area contributed by atoms with Crippen molar-refractivity contribution >= 4 is 34.0 Å². The Kier molecular flexibility index (Phi) is 4.21. The minimum Gasteiger partial charge on any atom is -0.330 e. The van der Waals surface area contributed by atoms with E-state index in [1.807, 2.05) is 18.3 Å². The molecular weight excluding hydrogens is 255 g/mol. The molecule has 0 aliphatic carbocycles. The predicted molar refractivity (Wildman–Crippen MR) is 73.8 cm³/mol. The summed E-state index contributed by atoms with van der Waals surface area (Å²) < 4.78 is 0.